The van der Waals surface area contributed by atoms with E-state index in [1.54, 1.807) is 0 Å². The molecule has 2 fully saturated rings. The van der Waals surface area contributed by atoms with Gasteiger partial charge in [0.1, 0.15) is 6.61 Å². The summed E-state index contributed by atoms with van der Waals surface area (Å²) >= 11 is 0. The molecule has 0 aromatic heterocycles. The maximum atomic E-state index is 13.0. The number of amides is 2. The molecule has 7 nitrogen and oxygen atoms in total. The lowest BCUT2D eigenvalue weighted by molar-refractivity contribution is -0.143. The number of aliphatic carboxylic acids is 1. The standard InChI is InChI=1S/C28H32N2O5/c31-26(32)13-12-18-15-30(16-18)27(33)20-11-5-6-19(20)14-29-28(34)35-17-25-23-9-3-1-7-21(23)22-8-2-4-10-24(22)25/h1-4,7-10,18-20,25H,5-6,11-17H2,(H,29,34)(H,31,32). The first-order valence-corrected chi connectivity index (χ1v) is 12.6. The smallest absolute Gasteiger partial charge is 0.407 e. The fourth-order valence-corrected chi connectivity index (χ4v) is 5.96. The first-order chi connectivity index (χ1) is 17.0. The Labute approximate surface area is 205 Å². The maximum absolute atomic E-state index is 13.0. The summed E-state index contributed by atoms with van der Waals surface area (Å²) in [7, 11) is 0. The van der Waals surface area contributed by atoms with Gasteiger partial charge in [0.25, 0.3) is 0 Å². The van der Waals surface area contributed by atoms with E-state index >= 15 is 0 Å². The summed E-state index contributed by atoms with van der Waals surface area (Å²) in [5.74, 6) is -0.299. The van der Waals surface area contributed by atoms with Crippen LogP contribution in [0.5, 0.6) is 0 Å². The van der Waals surface area contributed by atoms with E-state index in [9.17, 15) is 14.4 Å². The zero-order valence-electron chi connectivity index (χ0n) is 19.8. The van der Waals surface area contributed by atoms with Gasteiger partial charge in [0, 0.05) is 37.9 Å². The van der Waals surface area contributed by atoms with Crippen molar-refractivity contribution in [3.8, 4) is 11.1 Å². The van der Waals surface area contributed by atoms with E-state index in [0.717, 1.165) is 19.3 Å². The topological polar surface area (TPSA) is 95.9 Å². The lowest BCUT2D eigenvalue weighted by atomic mass is 9.89. The van der Waals surface area contributed by atoms with Crippen LogP contribution in [-0.4, -0.2) is 54.2 Å². The Kier molecular flexibility index (Phi) is 6.75. The summed E-state index contributed by atoms with van der Waals surface area (Å²) in [4.78, 5) is 38.1. The second-order valence-electron chi connectivity index (χ2n) is 10.0. The number of fused-ring (bicyclic) bond motifs is 3. The van der Waals surface area contributed by atoms with Gasteiger partial charge >= 0.3 is 12.1 Å². The maximum Gasteiger partial charge on any atom is 0.407 e. The number of alkyl carbamates (subject to hydrolysis) is 1. The summed E-state index contributed by atoms with van der Waals surface area (Å²) in [6.45, 7) is 2.01. The highest BCUT2D eigenvalue weighted by Crippen LogP contribution is 2.44. The largest absolute Gasteiger partial charge is 0.481 e. The molecule has 2 aromatic rings. The highest BCUT2D eigenvalue weighted by molar-refractivity contribution is 5.81. The minimum Gasteiger partial charge on any atom is -0.481 e. The quantitative estimate of drug-likeness (QED) is 0.593. The van der Waals surface area contributed by atoms with Crippen LogP contribution in [0.4, 0.5) is 4.79 Å². The van der Waals surface area contributed by atoms with Crippen LogP contribution >= 0.6 is 0 Å². The van der Waals surface area contributed by atoms with Gasteiger partial charge in [0.2, 0.25) is 5.91 Å². The zero-order chi connectivity index (χ0) is 24.4. The van der Waals surface area contributed by atoms with Gasteiger partial charge in [-0.05, 0) is 53.4 Å². The van der Waals surface area contributed by atoms with Gasteiger partial charge in [-0.25, -0.2) is 4.79 Å². The molecule has 2 N–H and O–H groups in total. The normalized spacial score (nSPS) is 21.2. The van der Waals surface area contributed by atoms with E-state index in [0.29, 0.717) is 26.1 Å². The molecule has 2 amide bonds. The number of hydrogen-bond donors (Lipinski definition) is 2. The Morgan fingerprint density at radius 3 is 2.29 bits per heavy atom. The van der Waals surface area contributed by atoms with Crippen molar-refractivity contribution in [1.82, 2.24) is 10.2 Å². The van der Waals surface area contributed by atoms with Crippen molar-refractivity contribution in [3.63, 3.8) is 0 Å². The Balaban J connectivity index is 1.10. The van der Waals surface area contributed by atoms with E-state index in [2.05, 4.69) is 29.6 Å². The van der Waals surface area contributed by atoms with Crippen LogP contribution in [0.3, 0.4) is 0 Å². The van der Waals surface area contributed by atoms with Crippen LogP contribution in [0.25, 0.3) is 11.1 Å². The molecule has 184 valence electrons. The zero-order valence-corrected chi connectivity index (χ0v) is 19.8. The fourth-order valence-electron chi connectivity index (χ4n) is 5.96. The van der Waals surface area contributed by atoms with Gasteiger partial charge in [-0.2, -0.15) is 0 Å². The van der Waals surface area contributed by atoms with E-state index in [4.69, 9.17) is 9.84 Å². The molecular formula is C28H32N2O5. The number of likely N-dealkylation sites (tertiary alicyclic amines) is 1. The summed E-state index contributed by atoms with van der Waals surface area (Å²) in [6, 6.07) is 16.5. The van der Waals surface area contributed by atoms with Crippen molar-refractivity contribution in [2.75, 3.05) is 26.2 Å². The number of hydrogen-bond acceptors (Lipinski definition) is 4. The molecule has 0 radical (unpaired) electrons. The average molecular weight is 477 g/mol. The number of nitrogens with zero attached hydrogens (tertiary/aromatic N) is 1. The molecule has 1 aliphatic heterocycles. The Morgan fingerprint density at radius 1 is 0.971 bits per heavy atom. The van der Waals surface area contributed by atoms with Crippen LogP contribution in [0, 0.1) is 17.8 Å². The van der Waals surface area contributed by atoms with Gasteiger partial charge in [0.05, 0.1) is 0 Å². The predicted molar refractivity (Wildman–Crippen MR) is 131 cm³/mol. The molecule has 2 atom stereocenters. The highest BCUT2D eigenvalue weighted by Gasteiger charge is 2.40. The summed E-state index contributed by atoms with van der Waals surface area (Å²) < 4.78 is 5.64. The lowest BCUT2D eigenvalue weighted by Crippen LogP contribution is -2.53. The molecule has 7 heteroatoms. The molecule has 0 spiro atoms. The fraction of sp³-hybridized carbons (Fsp3) is 0.464. The van der Waals surface area contributed by atoms with Crippen molar-refractivity contribution in [3.05, 3.63) is 59.7 Å². The summed E-state index contributed by atoms with van der Waals surface area (Å²) in [5, 5.41) is 11.7. The van der Waals surface area contributed by atoms with E-state index < -0.39 is 12.1 Å². The average Bonchev–Trinajstić information content (AvgIpc) is 3.43. The van der Waals surface area contributed by atoms with E-state index in [1.807, 2.05) is 29.2 Å². The number of carbonyl (C=O) groups is 3. The van der Waals surface area contributed by atoms with Crippen LogP contribution in [0.15, 0.2) is 48.5 Å². The van der Waals surface area contributed by atoms with Gasteiger partial charge in [-0.15, -0.1) is 0 Å². The van der Waals surface area contributed by atoms with Gasteiger partial charge in [0.15, 0.2) is 0 Å². The predicted octanol–water partition coefficient (Wildman–Crippen LogP) is 4.26. The number of carboxylic acid groups (broad SMARTS) is 1. The molecule has 1 saturated carbocycles. The van der Waals surface area contributed by atoms with Gasteiger partial charge in [-0.1, -0.05) is 55.0 Å². The van der Waals surface area contributed by atoms with Crippen LogP contribution in [-0.2, 0) is 14.3 Å². The Bertz CT molecular complexity index is 1060. The van der Waals surface area contributed by atoms with Crippen molar-refractivity contribution in [2.45, 2.75) is 38.0 Å². The first-order valence-electron chi connectivity index (χ1n) is 12.6. The number of rotatable bonds is 8. The molecule has 35 heavy (non-hydrogen) atoms. The molecule has 0 bridgehead atoms. The molecule has 2 unspecified atom stereocenters. The number of carboxylic acids is 1. The third kappa shape index (κ3) is 4.90. The summed E-state index contributed by atoms with van der Waals surface area (Å²) in [6.07, 6.45) is 3.06. The third-order valence-electron chi connectivity index (χ3n) is 7.86. The minimum absolute atomic E-state index is 0.0226. The second kappa shape index (κ2) is 10.1. The van der Waals surface area contributed by atoms with E-state index in [1.165, 1.54) is 22.3 Å². The van der Waals surface area contributed by atoms with Crippen LogP contribution in [0.2, 0.25) is 0 Å². The molecule has 5 rings (SSSR count). The van der Waals surface area contributed by atoms with E-state index in [-0.39, 0.29) is 42.6 Å². The number of nitrogens with one attached hydrogen (secondary N) is 1. The van der Waals surface area contributed by atoms with Crippen LogP contribution in [0.1, 0.15) is 49.1 Å². The van der Waals surface area contributed by atoms with Crippen molar-refractivity contribution < 1.29 is 24.2 Å². The molecular weight excluding hydrogens is 444 g/mol. The molecule has 1 saturated heterocycles. The highest BCUT2D eigenvalue weighted by atomic mass is 16.5. The van der Waals surface area contributed by atoms with Crippen molar-refractivity contribution in [2.24, 2.45) is 17.8 Å². The number of carbonyl (C=O) groups excluding carboxylic acids is 2. The second-order valence-corrected chi connectivity index (χ2v) is 10.0. The van der Waals surface area contributed by atoms with Crippen LogP contribution < -0.4 is 5.32 Å². The molecule has 3 aliphatic rings. The van der Waals surface area contributed by atoms with Gasteiger partial charge in [-0.3, -0.25) is 9.59 Å². The Morgan fingerprint density at radius 2 is 1.63 bits per heavy atom. The minimum atomic E-state index is -0.787. The van der Waals surface area contributed by atoms with Crippen molar-refractivity contribution in [1.29, 1.82) is 0 Å². The van der Waals surface area contributed by atoms with Crippen molar-refractivity contribution >= 4 is 18.0 Å². The SMILES string of the molecule is O=C(O)CCC1CN(C(=O)C2CCCC2CNC(=O)OCC2c3ccccc3-c3ccccc32)C1. The molecule has 2 aliphatic carbocycles. The monoisotopic (exact) mass is 476 g/mol. The first kappa shape index (κ1) is 23.4. The molecule has 2 aromatic carbocycles. The third-order valence-corrected chi connectivity index (χ3v) is 7.86. The number of benzene rings is 2. The Hall–Kier alpha value is -3.35. The number of ether oxygens (including phenoxy) is 1. The lowest BCUT2D eigenvalue weighted by Gasteiger charge is -2.41. The van der Waals surface area contributed by atoms with Gasteiger partial charge < -0.3 is 20.1 Å². The summed E-state index contributed by atoms with van der Waals surface area (Å²) in [5.41, 5.74) is 4.75. The molecule has 1 heterocycles.